The Bertz CT molecular complexity index is 434. The van der Waals surface area contributed by atoms with Crippen molar-refractivity contribution in [2.45, 2.75) is 0 Å². The molecule has 0 heterocycles. The number of urea groups is 1. The molecule has 0 saturated heterocycles. The second kappa shape index (κ2) is 5.36. The molecule has 4 N–H and O–H groups in total. The lowest BCUT2D eigenvalue weighted by Crippen LogP contribution is -2.24. The number of amides is 2. The molecule has 7 heteroatoms. The van der Waals surface area contributed by atoms with Crippen molar-refractivity contribution >= 4 is 28.2 Å². The van der Waals surface area contributed by atoms with Gasteiger partial charge < -0.3 is 15.6 Å². The summed E-state index contributed by atoms with van der Waals surface area (Å²) in [5.74, 6) is 0.543. The van der Waals surface area contributed by atoms with Gasteiger partial charge in [-0.1, -0.05) is 0 Å². The van der Waals surface area contributed by atoms with E-state index in [-0.39, 0.29) is 5.75 Å². The van der Waals surface area contributed by atoms with Gasteiger partial charge in [0.25, 0.3) is 0 Å². The molecule has 16 heavy (non-hydrogen) atoms. The maximum atomic E-state index is 10.4. The molecule has 1 rings (SSSR count). The number of hydrogen-bond acceptors (Lipinski definition) is 4. The van der Waals surface area contributed by atoms with E-state index in [0.29, 0.717) is 15.8 Å². The summed E-state index contributed by atoms with van der Waals surface area (Å²) in [5, 5.41) is 13.1. The normalized spacial score (nSPS) is 10.4. The average Bonchev–Trinajstić information content (AvgIpc) is 2.20. The van der Waals surface area contributed by atoms with E-state index in [1.54, 1.807) is 6.07 Å². The zero-order valence-corrected chi connectivity index (χ0v) is 9.98. The molecule has 0 atom stereocenters. The maximum absolute atomic E-state index is 10.4. The predicted octanol–water partition coefficient (Wildman–Crippen LogP) is 1.17. The van der Waals surface area contributed by atoms with Crippen molar-refractivity contribution in [1.82, 2.24) is 5.43 Å². The number of carbonyl (C=O) groups excluding carboxylic acids is 1. The number of benzene rings is 1. The number of ether oxygens (including phenoxy) is 1. The third kappa shape index (κ3) is 3.13. The van der Waals surface area contributed by atoms with Gasteiger partial charge >= 0.3 is 6.03 Å². The number of primary amides is 1. The number of nitrogens with zero attached hydrogens (tertiary/aromatic N) is 1. The summed E-state index contributed by atoms with van der Waals surface area (Å²) in [4.78, 5) is 10.4. The van der Waals surface area contributed by atoms with Gasteiger partial charge in [-0.25, -0.2) is 10.2 Å². The highest BCUT2D eigenvalue weighted by Crippen LogP contribution is 2.31. The van der Waals surface area contributed by atoms with Crippen LogP contribution in [0, 0.1) is 0 Å². The molecule has 2 amide bonds. The first-order valence-electron chi connectivity index (χ1n) is 4.19. The molecule has 0 fully saturated rings. The van der Waals surface area contributed by atoms with Gasteiger partial charge in [-0.3, -0.25) is 0 Å². The minimum atomic E-state index is -0.778. The highest BCUT2D eigenvalue weighted by molar-refractivity contribution is 9.10. The standard InChI is InChI=1S/C9H10BrN3O3/c1-16-8-2-5(4-12-13-9(11)15)7(14)3-6(8)10/h2-4,14H,1H3,(H3,11,13,15). The summed E-state index contributed by atoms with van der Waals surface area (Å²) in [6.45, 7) is 0. The number of hydrazone groups is 1. The van der Waals surface area contributed by atoms with Crippen molar-refractivity contribution in [1.29, 1.82) is 0 Å². The Kier molecular flexibility index (Phi) is 4.12. The Morgan fingerprint density at radius 3 is 2.94 bits per heavy atom. The third-order valence-electron chi connectivity index (χ3n) is 1.68. The molecule has 0 radical (unpaired) electrons. The summed E-state index contributed by atoms with van der Waals surface area (Å²) in [7, 11) is 1.50. The zero-order valence-electron chi connectivity index (χ0n) is 8.40. The fraction of sp³-hybridized carbons (Fsp3) is 0.111. The lowest BCUT2D eigenvalue weighted by Gasteiger charge is -2.05. The molecule has 1 aromatic rings. The molecule has 0 spiro atoms. The van der Waals surface area contributed by atoms with E-state index < -0.39 is 6.03 Å². The van der Waals surface area contributed by atoms with Crippen LogP contribution in [-0.2, 0) is 0 Å². The SMILES string of the molecule is COc1cc(C=NNC(N)=O)c(O)cc1Br. The third-order valence-corrected chi connectivity index (χ3v) is 2.30. The van der Waals surface area contributed by atoms with Gasteiger partial charge in [-0.05, 0) is 28.1 Å². The highest BCUT2D eigenvalue weighted by atomic mass is 79.9. The molecular weight excluding hydrogens is 278 g/mol. The van der Waals surface area contributed by atoms with Crippen molar-refractivity contribution < 1.29 is 14.6 Å². The summed E-state index contributed by atoms with van der Waals surface area (Å²) in [6, 6.07) is 2.25. The quantitative estimate of drug-likeness (QED) is 0.575. The van der Waals surface area contributed by atoms with Gasteiger partial charge in [0, 0.05) is 5.56 Å². The van der Waals surface area contributed by atoms with E-state index >= 15 is 0 Å². The molecule has 0 aliphatic carbocycles. The number of rotatable bonds is 3. The number of phenols is 1. The van der Waals surface area contributed by atoms with Crippen LogP contribution in [0.1, 0.15) is 5.56 Å². The van der Waals surface area contributed by atoms with Crippen molar-refractivity contribution in [3.63, 3.8) is 0 Å². The lowest BCUT2D eigenvalue weighted by molar-refractivity contribution is 0.249. The molecule has 0 aromatic heterocycles. The Morgan fingerprint density at radius 2 is 2.38 bits per heavy atom. The predicted molar refractivity (Wildman–Crippen MR) is 62.7 cm³/mol. The van der Waals surface area contributed by atoms with Crippen molar-refractivity contribution in [3.05, 3.63) is 22.2 Å². The molecule has 86 valence electrons. The number of nitrogens with one attached hydrogen (secondary N) is 1. The van der Waals surface area contributed by atoms with Gasteiger partial charge in [-0.2, -0.15) is 5.10 Å². The van der Waals surface area contributed by atoms with Gasteiger partial charge in [0.15, 0.2) is 0 Å². The molecule has 0 aliphatic rings. The number of hydrogen-bond donors (Lipinski definition) is 3. The van der Waals surface area contributed by atoms with Gasteiger partial charge in [0.05, 0.1) is 17.8 Å². The maximum Gasteiger partial charge on any atom is 0.332 e. The zero-order chi connectivity index (χ0) is 12.1. The first-order valence-corrected chi connectivity index (χ1v) is 4.99. The summed E-state index contributed by atoms with van der Waals surface area (Å²) < 4.78 is 5.65. The monoisotopic (exact) mass is 287 g/mol. The Labute approximate surface area is 100 Å². The van der Waals surface area contributed by atoms with Gasteiger partial charge in [0.1, 0.15) is 11.5 Å². The first kappa shape index (κ1) is 12.3. The number of nitrogens with two attached hydrogens (primary N) is 1. The molecule has 0 saturated carbocycles. The van der Waals surface area contributed by atoms with Gasteiger partial charge in [-0.15, -0.1) is 0 Å². The van der Waals surface area contributed by atoms with E-state index in [1.165, 1.54) is 19.4 Å². The second-order valence-corrected chi connectivity index (χ2v) is 3.63. The summed E-state index contributed by atoms with van der Waals surface area (Å²) in [5.41, 5.74) is 7.23. The van der Waals surface area contributed by atoms with Crippen LogP contribution in [0.5, 0.6) is 11.5 Å². The van der Waals surface area contributed by atoms with Crippen LogP contribution in [0.3, 0.4) is 0 Å². The number of phenolic OH excluding ortho intramolecular Hbond substituents is 1. The van der Waals surface area contributed by atoms with Crippen LogP contribution in [0.15, 0.2) is 21.7 Å². The van der Waals surface area contributed by atoms with E-state index in [0.717, 1.165) is 0 Å². The van der Waals surface area contributed by atoms with Crippen LogP contribution in [0.25, 0.3) is 0 Å². The largest absolute Gasteiger partial charge is 0.507 e. The average molecular weight is 288 g/mol. The van der Waals surface area contributed by atoms with E-state index in [9.17, 15) is 9.90 Å². The molecule has 0 aliphatic heterocycles. The van der Waals surface area contributed by atoms with Crippen LogP contribution in [-0.4, -0.2) is 24.5 Å². The lowest BCUT2D eigenvalue weighted by atomic mass is 10.2. The van der Waals surface area contributed by atoms with E-state index in [2.05, 4.69) is 21.0 Å². The topological polar surface area (TPSA) is 96.9 Å². The van der Waals surface area contributed by atoms with Crippen molar-refractivity contribution in [2.24, 2.45) is 10.8 Å². The smallest absolute Gasteiger partial charge is 0.332 e. The van der Waals surface area contributed by atoms with Crippen molar-refractivity contribution in [3.8, 4) is 11.5 Å². The Balaban J connectivity index is 2.95. The Morgan fingerprint density at radius 1 is 1.69 bits per heavy atom. The van der Waals surface area contributed by atoms with E-state index in [4.69, 9.17) is 10.5 Å². The minimum absolute atomic E-state index is 0.00250. The van der Waals surface area contributed by atoms with Crippen molar-refractivity contribution in [2.75, 3.05) is 7.11 Å². The fourth-order valence-corrected chi connectivity index (χ4v) is 1.48. The number of halogens is 1. The van der Waals surface area contributed by atoms with Crippen LogP contribution in [0.4, 0.5) is 4.79 Å². The second-order valence-electron chi connectivity index (χ2n) is 2.78. The van der Waals surface area contributed by atoms with E-state index in [1.807, 2.05) is 5.43 Å². The van der Waals surface area contributed by atoms with Crippen LogP contribution in [0.2, 0.25) is 0 Å². The molecule has 6 nitrogen and oxygen atoms in total. The highest BCUT2D eigenvalue weighted by Gasteiger charge is 2.06. The molecule has 0 unspecified atom stereocenters. The molecule has 0 bridgehead atoms. The van der Waals surface area contributed by atoms with Gasteiger partial charge in [0.2, 0.25) is 0 Å². The van der Waals surface area contributed by atoms with Crippen LogP contribution < -0.4 is 15.9 Å². The summed E-state index contributed by atoms with van der Waals surface area (Å²) >= 11 is 3.21. The number of methoxy groups -OCH3 is 1. The minimum Gasteiger partial charge on any atom is -0.507 e. The molecular formula is C9H10BrN3O3. The Hall–Kier alpha value is -1.76. The van der Waals surface area contributed by atoms with Crippen LogP contribution >= 0.6 is 15.9 Å². The molecule has 1 aromatic carbocycles. The first-order chi connectivity index (χ1) is 7.54. The number of aromatic hydroxyl groups is 1. The number of carbonyl (C=O) groups is 1. The fourth-order valence-electron chi connectivity index (χ4n) is 0.984. The summed E-state index contributed by atoms with van der Waals surface area (Å²) in [6.07, 6.45) is 1.26.